The predicted octanol–water partition coefficient (Wildman–Crippen LogP) is 4.09. The maximum atomic E-state index is 13.0. The number of amides is 1. The third-order valence-corrected chi connectivity index (χ3v) is 6.74. The number of hydrogen-bond acceptors (Lipinski definition) is 3. The molecule has 0 spiro atoms. The predicted molar refractivity (Wildman–Crippen MR) is 122 cm³/mol. The molecule has 1 N–H and O–H groups in total. The van der Waals surface area contributed by atoms with E-state index in [0.717, 1.165) is 12.0 Å². The molecule has 0 saturated carbocycles. The summed E-state index contributed by atoms with van der Waals surface area (Å²) in [6, 6.07) is 25.7. The molecule has 0 radical (unpaired) electrons. The third-order valence-electron chi connectivity index (χ3n) is 5.34. The number of carbonyl (C=O) groups is 1. The summed E-state index contributed by atoms with van der Waals surface area (Å²) < 4.78 is 28.0. The number of nitrogens with one attached hydrogen (secondary N) is 1. The van der Waals surface area contributed by atoms with Crippen LogP contribution < -0.4 is 4.72 Å². The molecule has 3 aromatic rings. The molecule has 1 amide bonds. The van der Waals surface area contributed by atoms with Gasteiger partial charge in [-0.1, -0.05) is 72.8 Å². The van der Waals surface area contributed by atoms with E-state index in [1.165, 1.54) is 23.3 Å². The van der Waals surface area contributed by atoms with Gasteiger partial charge in [0.1, 0.15) is 0 Å². The van der Waals surface area contributed by atoms with Gasteiger partial charge < -0.3 is 4.90 Å². The Morgan fingerprint density at radius 1 is 0.903 bits per heavy atom. The van der Waals surface area contributed by atoms with Crippen LogP contribution in [0.3, 0.4) is 0 Å². The zero-order chi connectivity index (χ0) is 21.7. The Balaban J connectivity index is 1.45. The molecule has 0 bridgehead atoms. The lowest BCUT2D eigenvalue weighted by Gasteiger charge is -2.27. The van der Waals surface area contributed by atoms with Crippen molar-refractivity contribution in [2.24, 2.45) is 0 Å². The minimum atomic E-state index is -3.72. The lowest BCUT2D eigenvalue weighted by Crippen LogP contribution is -2.34. The van der Waals surface area contributed by atoms with Crippen LogP contribution in [0, 0.1) is 0 Å². The van der Waals surface area contributed by atoms with Crippen LogP contribution in [-0.4, -0.2) is 32.3 Å². The van der Waals surface area contributed by atoms with E-state index in [4.69, 9.17) is 0 Å². The zero-order valence-corrected chi connectivity index (χ0v) is 17.9. The highest BCUT2D eigenvalue weighted by Crippen LogP contribution is 2.23. The first-order valence-corrected chi connectivity index (χ1v) is 11.7. The average molecular weight is 433 g/mol. The summed E-state index contributed by atoms with van der Waals surface area (Å²) in [5, 5.41) is 0. The SMILES string of the molecule is O=C(c1cccc(S(=O)(=O)NCc2ccccc2)c1)N1CC=C(c2ccccc2)CC1. The summed E-state index contributed by atoms with van der Waals surface area (Å²) in [5.41, 5.74) is 3.64. The Kier molecular flexibility index (Phi) is 6.30. The Morgan fingerprint density at radius 2 is 1.61 bits per heavy atom. The van der Waals surface area contributed by atoms with Gasteiger partial charge in [-0.3, -0.25) is 4.79 Å². The first-order chi connectivity index (χ1) is 15.0. The van der Waals surface area contributed by atoms with Crippen LogP contribution in [0.2, 0.25) is 0 Å². The Morgan fingerprint density at radius 3 is 2.29 bits per heavy atom. The fraction of sp³-hybridized carbons (Fsp3) is 0.160. The van der Waals surface area contributed by atoms with E-state index in [9.17, 15) is 13.2 Å². The molecular weight excluding hydrogens is 408 g/mol. The third kappa shape index (κ3) is 5.10. The highest BCUT2D eigenvalue weighted by molar-refractivity contribution is 7.89. The second kappa shape index (κ2) is 9.29. The van der Waals surface area contributed by atoms with E-state index < -0.39 is 10.0 Å². The molecule has 0 saturated heterocycles. The molecule has 0 aromatic heterocycles. The van der Waals surface area contributed by atoms with Crippen molar-refractivity contribution in [2.45, 2.75) is 17.9 Å². The minimum Gasteiger partial charge on any atom is -0.335 e. The van der Waals surface area contributed by atoms with Gasteiger partial charge >= 0.3 is 0 Å². The molecule has 4 rings (SSSR count). The van der Waals surface area contributed by atoms with Crippen LogP contribution in [0.15, 0.2) is 95.9 Å². The first kappa shape index (κ1) is 21.0. The lowest BCUT2D eigenvalue weighted by atomic mass is 9.99. The maximum absolute atomic E-state index is 13.0. The molecule has 31 heavy (non-hydrogen) atoms. The summed E-state index contributed by atoms with van der Waals surface area (Å²) in [4.78, 5) is 14.8. The van der Waals surface area contributed by atoms with E-state index >= 15 is 0 Å². The van der Waals surface area contributed by atoms with Crippen molar-refractivity contribution < 1.29 is 13.2 Å². The van der Waals surface area contributed by atoms with Gasteiger partial charge in [0, 0.05) is 25.2 Å². The molecule has 1 aliphatic rings. The number of hydrogen-bond donors (Lipinski definition) is 1. The number of nitrogens with zero attached hydrogens (tertiary/aromatic N) is 1. The highest BCUT2D eigenvalue weighted by atomic mass is 32.2. The van der Waals surface area contributed by atoms with E-state index in [2.05, 4.69) is 22.9 Å². The zero-order valence-electron chi connectivity index (χ0n) is 17.1. The lowest BCUT2D eigenvalue weighted by molar-refractivity contribution is 0.0772. The summed E-state index contributed by atoms with van der Waals surface area (Å²) in [6.07, 6.45) is 2.84. The molecular formula is C25H24N2O3S. The number of sulfonamides is 1. The van der Waals surface area contributed by atoms with Crippen molar-refractivity contribution >= 4 is 21.5 Å². The minimum absolute atomic E-state index is 0.0896. The van der Waals surface area contributed by atoms with Gasteiger partial charge in [0.25, 0.3) is 5.91 Å². The molecule has 6 heteroatoms. The first-order valence-electron chi connectivity index (χ1n) is 10.2. The summed E-state index contributed by atoms with van der Waals surface area (Å²) >= 11 is 0. The van der Waals surface area contributed by atoms with Crippen LogP contribution in [0.25, 0.3) is 5.57 Å². The molecule has 158 valence electrons. The van der Waals surface area contributed by atoms with E-state index in [1.54, 1.807) is 17.0 Å². The second-order valence-electron chi connectivity index (χ2n) is 7.43. The fourth-order valence-electron chi connectivity index (χ4n) is 3.60. The van der Waals surface area contributed by atoms with E-state index in [0.29, 0.717) is 18.7 Å². The summed E-state index contributed by atoms with van der Waals surface area (Å²) in [5.74, 6) is -0.163. The van der Waals surface area contributed by atoms with Crippen molar-refractivity contribution in [3.05, 3.63) is 108 Å². The normalized spacial score (nSPS) is 14.2. The monoisotopic (exact) mass is 432 g/mol. The van der Waals surface area contributed by atoms with Crippen molar-refractivity contribution in [2.75, 3.05) is 13.1 Å². The van der Waals surface area contributed by atoms with Gasteiger partial charge in [0.2, 0.25) is 10.0 Å². The van der Waals surface area contributed by atoms with Crippen molar-refractivity contribution in [1.29, 1.82) is 0 Å². The maximum Gasteiger partial charge on any atom is 0.254 e. The van der Waals surface area contributed by atoms with Gasteiger partial charge in [-0.25, -0.2) is 13.1 Å². The van der Waals surface area contributed by atoms with E-state index in [-0.39, 0.29) is 17.3 Å². The Bertz CT molecular complexity index is 1190. The van der Waals surface area contributed by atoms with Crippen LogP contribution in [0.1, 0.15) is 27.9 Å². The number of carbonyl (C=O) groups excluding carboxylic acids is 1. The highest BCUT2D eigenvalue weighted by Gasteiger charge is 2.21. The summed E-state index contributed by atoms with van der Waals surface area (Å²) in [6.45, 7) is 1.30. The standard InChI is InChI=1S/C25H24N2O3S/c28-25(27-16-14-22(15-17-27)21-10-5-2-6-11-21)23-12-7-13-24(18-23)31(29,30)26-19-20-8-3-1-4-9-20/h1-14,18,26H,15-17,19H2. The van der Waals surface area contributed by atoms with Crippen LogP contribution in [0.5, 0.6) is 0 Å². The molecule has 0 atom stereocenters. The van der Waals surface area contributed by atoms with Crippen molar-refractivity contribution in [1.82, 2.24) is 9.62 Å². The topological polar surface area (TPSA) is 66.5 Å². The van der Waals surface area contributed by atoms with E-state index in [1.807, 2.05) is 48.5 Å². The smallest absolute Gasteiger partial charge is 0.254 e. The second-order valence-corrected chi connectivity index (χ2v) is 9.20. The van der Waals surface area contributed by atoms with Crippen molar-refractivity contribution in [3.8, 4) is 0 Å². The van der Waals surface area contributed by atoms with Gasteiger partial charge in [-0.05, 0) is 41.3 Å². The van der Waals surface area contributed by atoms with Gasteiger partial charge in [0.05, 0.1) is 4.90 Å². The largest absolute Gasteiger partial charge is 0.335 e. The number of rotatable bonds is 6. The molecule has 5 nitrogen and oxygen atoms in total. The van der Waals surface area contributed by atoms with Crippen LogP contribution >= 0.6 is 0 Å². The van der Waals surface area contributed by atoms with Gasteiger partial charge in [-0.15, -0.1) is 0 Å². The Labute approximate surface area is 183 Å². The summed E-state index contributed by atoms with van der Waals surface area (Å²) in [7, 11) is -3.72. The fourth-order valence-corrected chi connectivity index (χ4v) is 4.67. The average Bonchev–Trinajstić information content (AvgIpc) is 2.84. The quantitative estimate of drug-likeness (QED) is 0.638. The molecule has 1 heterocycles. The molecule has 3 aromatic carbocycles. The molecule has 0 aliphatic carbocycles. The van der Waals surface area contributed by atoms with Gasteiger partial charge in [0.15, 0.2) is 0 Å². The van der Waals surface area contributed by atoms with Gasteiger partial charge in [-0.2, -0.15) is 0 Å². The Hall–Kier alpha value is -3.22. The molecule has 0 fully saturated rings. The van der Waals surface area contributed by atoms with Crippen molar-refractivity contribution in [3.63, 3.8) is 0 Å². The molecule has 0 unspecified atom stereocenters. The van der Waals surface area contributed by atoms with Crippen LogP contribution in [0.4, 0.5) is 0 Å². The number of benzene rings is 3. The molecule has 1 aliphatic heterocycles. The van der Waals surface area contributed by atoms with Crippen LogP contribution in [-0.2, 0) is 16.6 Å².